The third kappa shape index (κ3) is 1.73. The number of anilines is 1. The van der Waals surface area contributed by atoms with Crippen molar-refractivity contribution in [3.63, 3.8) is 0 Å². The Morgan fingerprint density at radius 1 is 1.11 bits per heavy atom. The fraction of sp³-hybridized carbons (Fsp3) is 0.200. The summed E-state index contributed by atoms with van der Waals surface area (Å²) in [5.41, 5.74) is 7.94. The molecule has 0 fully saturated rings. The molecule has 0 aromatic heterocycles. The van der Waals surface area contributed by atoms with Crippen LogP contribution in [0.4, 0.5) is 5.69 Å². The molecule has 0 aliphatic heterocycles. The lowest BCUT2D eigenvalue weighted by Crippen LogP contribution is -1.92. The molecule has 2 aromatic carbocycles. The second kappa shape index (κ2) is 4.35. The van der Waals surface area contributed by atoms with Gasteiger partial charge in [0.2, 0.25) is 0 Å². The molecule has 0 atom stereocenters. The molecule has 3 rings (SSSR count). The highest BCUT2D eigenvalue weighted by Gasteiger charge is 2.19. The zero-order valence-corrected chi connectivity index (χ0v) is 10.2. The highest BCUT2D eigenvalue weighted by molar-refractivity contribution is 5.79. The zero-order valence-electron chi connectivity index (χ0n) is 10.2. The van der Waals surface area contributed by atoms with Crippen LogP contribution in [0.3, 0.4) is 0 Å². The Hall–Kier alpha value is -2.00. The molecule has 92 valence electrons. The maximum Gasteiger partial charge on any atom is 0.119 e. The van der Waals surface area contributed by atoms with E-state index in [1.54, 1.807) is 0 Å². The summed E-state index contributed by atoms with van der Waals surface area (Å²) < 4.78 is 5.52. The van der Waals surface area contributed by atoms with Gasteiger partial charge in [0.1, 0.15) is 5.75 Å². The van der Waals surface area contributed by atoms with Crippen molar-refractivity contribution in [1.82, 2.24) is 0 Å². The Morgan fingerprint density at radius 3 is 2.56 bits per heavy atom. The average molecular weight is 241 g/mol. The van der Waals surface area contributed by atoms with Gasteiger partial charge >= 0.3 is 0 Å². The Bertz CT molecular complexity index is 593. The molecule has 18 heavy (non-hydrogen) atoms. The van der Waals surface area contributed by atoms with Crippen LogP contribution in [0.1, 0.15) is 18.1 Å². The van der Waals surface area contributed by atoms with Crippen molar-refractivity contribution in [1.29, 1.82) is 0 Å². The van der Waals surface area contributed by atoms with E-state index in [2.05, 4.69) is 17.6 Å². The molecule has 0 amide bonds. The maximum absolute atomic E-state index is 8.93. The smallest absolute Gasteiger partial charge is 0.119 e. The van der Waals surface area contributed by atoms with Gasteiger partial charge in [0, 0.05) is 0 Å². The second-order valence-electron chi connectivity index (χ2n) is 4.41. The first kappa shape index (κ1) is 11.1. The molecule has 1 aliphatic carbocycles. The second-order valence-corrected chi connectivity index (χ2v) is 4.41. The van der Waals surface area contributed by atoms with Gasteiger partial charge in [0.25, 0.3) is 0 Å². The van der Waals surface area contributed by atoms with Gasteiger partial charge in [0.15, 0.2) is 0 Å². The van der Waals surface area contributed by atoms with Crippen LogP contribution in [0.25, 0.3) is 11.1 Å². The van der Waals surface area contributed by atoms with Crippen molar-refractivity contribution in [3.05, 3.63) is 47.5 Å². The summed E-state index contributed by atoms with van der Waals surface area (Å²) >= 11 is 0. The van der Waals surface area contributed by atoms with Crippen LogP contribution in [0.2, 0.25) is 0 Å². The van der Waals surface area contributed by atoms with Gasteiger partial charge in [-0.2, -0.15) is 0 Å². The lowest BCUT2D eigenvalue weighted by Gasteiger charge is -2.06. The average Bonchev–Trinajstić information content (AvgIpc) is 2.75. The number of hydrogen-bond acceptors (Lipinski definition) is 3. The van der Waals surface area contributed by atoms with E-state index in [-0.39, 0.29) is 0 Å². The van der Waals surface area contributed by atoms with Crippen molar-refractivity contribution >= 4 is 5.69 Å². The lowest BCUT2D eigenvalue weighted by molar-refractivity contribution is 0.340. The van der Waals surface area contributed by atoms with E-state index in [4.69, 9.17) is 9.94 Å². The third-order valence-corrected chi connectivity index (χ3v) is 3.29. The van der Waals surface area contributed by atoms with Crippen molar-refractivity contribution in [3.8, 4) is 16.9 Å². The third-order valence-electron chi connectivity index (χ3n) is 3.29. The van der Waals surface area contributed by atoms with E-state index in [1.165, 1.54) is 22.3 Å². The summed E-state index contributed by atoms with van der Waals surface area (Å²) in [6, 6.07) is 12.1. The van der Waals surface area contributed by atoms with E-state index in [0.717, 1.165) is 17.9 Å². The first-order valence-corrected chi connectivity index (χ1v) is 6.11. The van der Waals surface area contributed by atoms with Crippen LogP contribution < -0.4 is 10.2 Å². The van der Waals surface area contributed by atoms with Gasteiger partial charge in [-0.25, -0.2) is 0 Å². The SMILES string of the molecule is CCOc1ccc2c(c1)Cc1cc(NO)ccc1-2. The van der Waals surface area contributed by atoms with Crippen molar-refractivity contribution in [2.24, 2.45) is 0 Å². The van der Waals surface area contributed by atoms with Gasteiger partial charge in [0.05, 0.1) is 12.3 Å². The monoisotopic (exact) mass is 241 g/mol. The molecule has 0 saturated heterocycles. The van der Waals surface area contributed by atoms with E-state index in [9.17, 15) is 0 Å². The molecule has 2 N–H and O–H groups in total. The minimum Gasteiger partial charge on any atom is -0.494 e. The van der Waals surface area contributed by atoms with Crippen LogP contribution in [0.15, 0.2) is 36.4 Å². The number of benzene rings is 2. The van der Waals surface area contributed by atoms with Gasteiger partial charge in [-0.3, -0.25) is 10.7 Å². The summed E-state index contributed by atoms with van der Waals surface area (Å²) in [7, 11) is 0. The molecule has 0 bridgehead atoms. The summed E-state index contributed by atoms with van der Waals surface area (Å²) in [5, 5.41) is 8.93. The summed E-state index contributed by atoms with van der Waals surface area (Å²) in [6.07, 6.45) is 0.890. The molecule has 1 aliphatic rings. The Morgan fingerprint density at radius 2 is 1.83 bits per heavy atom. The number of nitrogens with one attached hydrogen (secondary N) is 1. The summed E-state index contributed by atoms with van der Waals surface area (Å²) in [4.78, 5) is 0. The summed E-state index contributed by atoms with van der Waals surface area (Å²) in [6.45, 7) is 2.67. The van der Waals surface area contributed by atoms with Gasteiger partial charge < -0.3 is 4.74 Å². The minimum absolute atomic E-state index is 0.685. The van der Waals surface area contributed by atoms with Crippen LogP contribution in [0.5, 0.6) is 5.75 Å². The fourth-order valence-corrected chi connectivity index (χ4v) is 2.51. The van der Waals surface area contributed by atoms with E-state index < -0.39 is 0 Å². The molecule has 0 radical (unpaired) electrons. The fourth-order valence-electron chi connectivity index (χ4n) is 2.51. The molecule has 3 heteroatoms. The molecule has 0 saturated carbocycles. The van der Waals surface area contributed by atoms with Crippen LogP contribution in [-0.2, 0) is 6.42 Å². The normalized spacial score (nSPS) is 11.9. The first-order valence-electron chi connectivity index (χ1n) is 6.11. The predicted molar refractivity (Wildman–Crippen MR) is 71.3 cm³/mol. The zero-order chi connectivity index (χ0) is 12.5. The quantitative estimate of drug-likeness (QED) is 0.690. The van der Waals surface area contributed by atoms with Gasteiger partial charge in [-0.05, 0) is 59.9 Å². The van der Waals surface area contributed by atoms with Gasteiger partial charge in [-0.15, -0.1) is 0 Å². The topological polar surface area (TPSA) is 41.5 Å². The van der Waals surface area contributed by atoms with Crippen molar-refractivity contribution in [2.45, 2.75) is 13.3 Å². The molecule has 3 nitrogen and oxygen atoms in total. The number of ether oxygens (including phenoxy) is 1. The van der Waals surface area contributed by atoms with E-state index in [0.29, 0.717) is 6.61 Å². The number of rotatable bonds is 3. The van der Waals surface area contributed by atoms with Gasteiger partial charge in [-0.1, -0.05) is 12.1 Å². The number of fused-ring (bicyclic) bond motifs is 3. The molecular weight excluding hydrogens is 226 g/mol. The standard InChI is InChI=1S/C15H15NO2/c1-2-18-13-4-6-15-11(9-13)7-10-8-12(16-17)3-5-14(10)15/h3-6,8-9,16-17H,2,7H2,1H3. The molecule has 0 unspecified atom stereocenters. The lowest BCUT2D eigenvalue weighted by atomic mass is 10.1. The summed E-state index contributed by atoms with van der Waals surface area (Å²) in [5.74, 6) is 0.921. The maximum atomic E-state index is 8.93. The predicted octanol–water partition coefficient (Wildman–Crippen LogP) is 3.46. The van der Waals surface area contributed by atoms with Crippen LogP contribution >= 0.6 is 0 Å². The largest absolute Gasteiger partial charge is 0.494 e. The molecular formula is C15H15NO2. The molecule has 0 spiro atoms. The molecule has 2 aromatic rings. The number of hydrogen-bond donors (Lipinski definition) is 2. The first-order chi connectivity index (χ1) is 8.81. The van der Waals surface area contributed by atoms with Crippen molar-refractivity contribution < 1.29 is 9.94 Å². The van der Waals surface area contributed by atoms with Crippen molar-refractivity contribution in [2.75, 3.05) is 12.1 Å². The van der Waals surface area contributed by atoms with E-state index >= 15 is 0 Å². The highest BCUT2D eigenvalue weighted by atomic mass is 16.5. The Kier molecular flexibility index (Phi) is 2.68. The Labute approximate surface area is 106 Å². The Balaban J connectivity index is 2.02. The van der Waals surface area contributed by atoms with E-state index in [1.807, 2.05) is 31.2 Å². The van der Waals surface area contributed by atoms with Crippen LogP contribution in [0, 0.1) is 0 Å². The molecule has 0 heterocycles. The minimum atomic E-state index is 0.685. The van der Waals surface area contributed by atoms with Crippen LogP contribution in [-0.4, -0.2) is 11.8 Å². The highest BCUT2D eigenvalue weighted by Crippen LogP contribution is 2.39.